The van der Waals surface area contributed by atoms with Gasteiger partial charge in [-0.05, 0) is 38.1 Å². The first-order valence-corrected chi connectivity index (χ1v) is 17.0. The van der Waals surface area contributed by atoms with Crippen LogP contribution < -0.4 is 18.9 Å². The van der Waals surface area contributed by atoms with E-state index >= 15 is 0 Å². The Morgan fingerprint density at radius 2 is 1.05 bits per heavy atom. The molecule has 0 spiro atoms. The number of aromatic nitrogens is 2. The molecule has 0 amide bonds. The summed E-state index contributed by atoms with van der Waals surface area (Å²) in [6.07, 6.45) is 3.05. The molecule has 0 saturated heterocycles. The number of carbonyl (C=O) groups excluding carboxylic acids is 2. The number of fused-ring (bicyclic) bond motifs is 2. The van der Waals surface area contributed by atoms with Crippen molar-refractivity contribution in [1.29, 1.82) is 0 Å². The van der Waals surface area contributed by atoms with Crippen molar-refractivity contribution in [3.8, 4) is 11.5 Å². The van der Waals surface area contributed by atoms with E-state index in [1.54, 1.807) is 24.3 Å². The number of rotatable bonds is 17. The summed E-state index contributed by atoms with van der Waals surface area (Å²) in [5, 5.41) is 1.38. The normalized spacial score (nSPS) is 13.6. The van der Waals surface area contributed by atoms with Gasteiger partial charge in [-0.3, -0.25) is 0 Å². The van der Waals surface area contributed by atoms with E-state index in [9.17, 15) is 26.4 Å². The largest absolute Gasteiger partial charge is 0.423 e. The zero-order valence-electron chi connectivity index (χ0n) is 24.1. The number of carbonyl (C=O) groups is 2. The molecule has 0 radical (unpaired) electrons. The van der Waals surface area contributed by atoms with Crippen molar-refractivity contribution in [3.63, 3.8) is 0 Å². The summed E-state index contributed by atoms with van der Waals surface area (Å²) >= 11 is 0. The van der Waals surface area contributed by atoms with Gasteiger partial charge in [0.05, 0.1) is 37.9 Å². The van der Waals surface area contributed by atoms with Crippen molar-refractivity contribution >= 4 is 53.8 Å². The molecule has 4 aromatic rings. The molecule has 16 heteroatoms. The van der Waals surface area contributed by atoms with Crippen LogP contribution >= 0.6 is 0 Å². The smallest absolute Gasteiger partial charge is 0.329 e. The summed E-state index contributed by atoms with van der Waals surface area (Å²) in [4.78, 5) is 30.7. The van der Waals surface area contributed by atoms with Crippen LogP contribution in [-0.2, 0) is 39.1 Å². The minimum Gasteiger partial charge on any atom is -0.423 e. The van der Waals surface area contributed by atoms with E-state index in [0.717, 1.165) is 11.0 Å². The molecule has 2 heterocycles. The Morgan fingerprint density at radius 1 is 0.659 bits per heavy atom. The van der Waals surface area contributed by atoms with Gasteiger partial charge in [0.1, 0.15) is 12.1 Å². The fraction of sp³-hybridized carbons (Fsp3) is 0.357. The molecule has 0 aliphatic rings. The van der Waals surface area contributed by atoms with E-state index in [-0.39, 0.29) is 26.4 Å². The molecule has 4 N–H and O–H groups in total. The molecule has 238 valence electrons. The second kappa shape index (κ2) is 14.8. The van der Waals surface area contributed by atoms with Gasteiger partial charge in [0.2, 0.25) is 20.0 Å². The quantitative estimate of drug-likeness (QED) is 0.0967. The average Bonchev–Trinajstić information content (AvgIpc) is 3.58. The van der Waals surface area contributed by atoms with Crippen molar-refractivity contribution in [2.45, 2.75) is 25.9 Å². The topological polar surface area (TPSA) is 195 Å². The number of para-hydroxylation sites is 2. The molecule has 2 unspecified atom stereocenters. The average molecular weight is 651 g/mol. The number of hydrogen-bond acceptors (Lipinski definition) is 10. The van der Waals surface area contributed by atoms with Crippen LogP contribution in [0.15, 0.2) is 60.9 Å². The Labute approximate surface area is 254 Å². The highest BCUT2D eigenvalue weighted by molar-refractivity contribution is 7.89. The zero-order valence-corrected chi connectivity index (χ0v) is 25.7. The lowest BCUT2D eigenvalue weighted by Crippen LogP contribution is -2.42. The van der Waals surface area contributed by atoms with Crippen LogP contribution in [0.3, 0.4) is 0 Å². The van der Waals surface area contributed by atoms with Crippen molar-refractivity contribution in [1.82, 2.24) is 19.4 Å². The van der Waals surface area contributed by atoms with Gasteiger partial charge in [0.15, 0.2) is 11.5 Å². The summed E-state index contributed by atoms with van der Waals surface area (Å²) in [7, 11) is -7.72. The third kappa shape index (κ3) is 9.35. The first-order chi connectivity index (χ1) is 20.9. The molecule has 0 saturated carbocycles. The lowest BCUT2D eigenvalue weighted by Gasteiger charge is -2.14. The molecule has 2 atom stereocenters. The van der Waals surface area contributed by atoms with E-state index < -0.39 is 55.6 Å². The summed E-state index contributed by atoms with van der Waals surface area (Å²) < 4.78 is 75.1. The molecule has 44 heavy (non-hydrogen) atoms. The summed E-state index contributed by atoms with van der Waals surface area (Å²) in [6.45, 7) is 2.40. The van der Waals surface area contributed by atoms with Gasteiger partial charge >= 0.3 is 11.9 Å². The Morgan fingerprint density at radius 3 is 1.45 bits per heavy atom. The molecule has 0 aliphatic heterocycles. The molecule has 14 nitrogen and oxygen atoms in total. The van der Waals surface area contributed by atoms with Crippen LogP contribution in [0, 0.1) is 0 Å². The van der Waals surface area contributed by atoms with E-state index in [1.165, 1.54) is 26.2 Å². The molecule has 4 rings (SSSR count). The van der Waals surface area contributed by atoms with Gasteiger partial charge < -0.3 is 28.9 Å². The fourth-order valence-electron chi connectivity index (χ4n) is 4.06. The predicted molar refractivity (Wildman–Crippen MR) is 162 cm³/mol. The Balaban J connectivity index is 1.08. The van der Waals surface area contributed by atoms with Crippen molar-refractivity contribution in [3.05, 3.63) is 60.9 Å². The lowest BCUT2D eigenvalue weighted by atomic mass is 10.2. The number of aromatic amines is 2. The number of hydrogen-bond donors (Lipinski definition) is 4. The van der Waals surface area contributed by atoms with E-state index in [2.05, 4.69) is 19.4 Å². The SMILES string of the molecule is CC(NS(=O)(=O)CCOCCOCCS(=O)(=O)NC(C)C(=O)Oc1c[nH]c2ccccc12)C(=O)Oc1c[nH]c2ccccc12. The second-order valence-electron chi connectivity index (χ2n) is 9.78. The maximum atomic E-state index is 12.4. The Kier molecular flexibility index (Phi) is 11.1. The molecule has 2 aromatic carbocycles. The molecule has 0 aliphatic carbocycles. The highest BCUT2D eigenvalue weighted by Gasteiger charge is 2.24. The first-order valence-electron chi connectivity index (χ1n) is 13.7. The van der Waals surface area contributed by atoms with Crippen LogP contribution in [-0.4, -0.2) is 88.8 Å². The minimum atomic E-state index is -3.86. The third-order valence-corrected chi connectivity index (χ3v) is 9.14. The Bertz CT molecular complexity index is 1670. The van der Waals surface area contributed by atoms with Crippen LogP contribution in [0.2, 0.25) is 0 Å². The number of nitrogens with one attached hydrogen (secondary N) is 4. The number of esters is 2. The van der Waals surface area contributed by atoms with Crippen molar-refractivity contribution in [2.24, 2.45) is 0 Å². The number of ether oxygens (including phenoxy) is 4. The molecular weight excluding hydrogens is 616 g/mol. The van der Waals surface area contributed by atoms with E-state index in [1.807, 2.05) is 24.3 Å². The molecule has 0 bridgehead atoms. The van der Waals surface area contributed by atoms with Crippen LogP contribution in [0.5, 0.6) is 11.5 Å². The van der Waals surface area contributed by atoms with Gasteiger partial charge in [-0.25, -0.2) is 35.9 Å². The lowest BCUT2D eigenvalue weighted by molar-refractivity contribution is -0.136. The van der Waals surface area contributed by atoms with Gasteiger partial charge in [-0.15, -0.1) is 0 Å². The van der Waals surface area contributed by atoms with E-state index in [4.69, 9.17) is 18.9 Å². The van der Waals surface area contributed by atoms with Crippen LogP contribution in [0.1, 0.15) is 13.8 Å². The fourth-order valence-corrected chi connectivity index (χ4v) is 6.24. The van der Waals surface area contributed by atoms with Crippen molar-refractivity contribution < 1.29 is 45.4 Å². The molecule has 0 fully saturated rings. The van der Waals surface area contributed by atoms with Crippen LogP contribution in [0.25, 0.3) is 21.8 Å². The van der Waals surface area contributed by atoms with Crippen LogP contribution in [0.4, 0.5) is 0 Å². The number of sulfonamides is 2. The summed E-state index contributed by atoms with van der Waals surface area (Å²) in [6, 6.07) is 12.1. The van der Waals surface area contributed by atoms with Gasteiger partial charge in [-0.2, -0.15) is 0 Å². The summed E-state index contributed by atoms with van der Waals surface area (Å²) in [5.41, 5.74) is 1.55. The number of H-pyrrole nitrogens is 2. The molecule has 2 aromatic heterocycles. The van der Waals surface area contributed by atoms with Gasteiger partial charge in [-0.1, -0.05) is 24.3 Å². The molecular formula is C28H34N4O10S2. The van der Waals surface area contributed by atoms with Crippen molar-refractivity contribution in [2.75, 3.05) is 37.9 Å². The zero-order chi connectivity index (χ0) is 31.7. The minimum absolute atomic E-state index is 0.00844. The van der Waals surface area contributed by atoms with Gasteiger partial charge in [0, 0.05) is 34.2 Å². The highest BCUT2D eigenvalue weighted by atomic mass is 32.2. The number of benzene rings is 2. The summed E-state index contributed by atoms with van der Waals surface area (Å²) in [5.74, 6) is -1.77. The maximum absolute atomic E-state index is 12.4. The maximum Gasteiger partial charge on any atom is 0.329 e. The third-order valence-electron chi connectivity index (χ3n) is 6.31. The van der Waals surface area contributed by atoms with Gasteiger partial charge in [0.25, 0.3) is 0 Å². The Hall–Kier alpha value is -3.80. The highest BCUT2D eigenvalue weighted by Crippen LogP contribution is 2.26. The second-order valence-corrected chi connectivity index (χ2v) is 13.5. The first kappa shape index (κ1) is 33.1. The monoisotopic (exact) mass is 650 g/mol. The standard InChI is InChI=1S/C28H34N4O10S2/c1-19(27(33)41-25-17-29-23-9-5-3-7-21(23)25)31-43(35,36)15-13-39-11-12-40-14-16-44(37,38)32-20(2)28(34)42-26-18-30-24-10-6-4-8-22(24)26/h3-10,17-20,29-32H,11-16H2,1-2H3. The predicted octanol–water partition coefficient (Wildman–Crippen LogP) is 1.81. The van der Waals surface area contributed by atoms with E-state index in [0.29, 0.717) is 22.3 Å².